The maximum absolute atomic E-state index is 11.0. The first-order valence-corrected chi connectivity index (χ1v) is 11.0. The van der Waals surface area contributed by atoms with Gasteiger partial charge in [-0.1, -0.05) is 11.6 Å². The summed E-state index contributed by atoms with van der Waals surface area (Å²) in [6, 6.07) is 3.65. The van der Waals surface area contributed by atoms with Crippen molar-refractivity contribution < 1.29 is 70.4 Å². The van der Waals surface area contributed by atoms with E-state index in [0.29, 0.717) is 6.42 Å². The van der Waals surface area contributed by atoms with Crippen LogP contribution in [-0.2, 0) is 15.3 Å². The number of hydrogen-bond donors (Lipinski definition) is 11. The molecule has 2 aromatic rings. The van der Waals surface area contributed by atoms with Crippen molar-refractivity contribution in [3.05, 3.63) is 46.0 Å². The number of aliphatic hydroxyl groups is 8. The smallest absolute Gasteiger partial charge is 0.409 e. The number of phenols is 3. The highest BCUT2D eigenvalue weighted by atomic mass is 35.5. The summed E-state index contributed by atoms with van der Waals surface area (Å²) in [4.78, 5) is 0. The number of rotatable bonds is 8. The van der Waals surface area contributed by atoms with E-state index in [1.54, 1.807) is 0 Å². The maximum atomic E-state index is 11.0. The summed E-state index contributed by atoms with van der Waals surface area (Å²) >= 11 is 6.06. The van der Waals surface area contributed by atoms with Crippen molar-refractivity contribution in [2.75, 3.05) is 13.7 Å². The lowest BCUT2D eigenvalue weighted by Crippen LogP contribution is -2.58. The average Bonchev–Trinajstić information content (AvgIpc) is 2.81. The molecule has 0 aliphatic carbocycles. The molecule has 1 heterocycles. The molecule has 1 fully saturated rings. The minimum absolute atomic E-state index is 0.0522. The van der Waals surface area contributed by atoms with Crippen molar-refractivity contribution in [1.29, 1.82) is 0 Å². The summed E-state index contributed by atoms with van der Waals surface area (Å²) in [7, 11) is 1.41. The Morgan fingerprint density at radius 2 is 1.51 bits per heavy atom. The Hall–Kier alpha value is -2.47. The number of ether oxygens (including phenoxy) is 3. The van der Waals surface area contributed by atoms with Crippen LogP contribution in [0.25, 0.3) is 0 Å². The van der Waals surface area contributed by atoms with Crippen LogP contribution in [0.2, 0.25) is 5.02 Å². The molecule has 11 N–H and O–H groups in total. The number of phenolic OH excluding ortho intramolecular Hbond substituents is 3. The molecule has 14 nitrogen and oxygen atoms in total. The quantitative estimate of drug-likeness (QED) is 0.102. The van der Waals surface area contributed by atoms with Gasteiger partial charge in [0.05, 0.1) is 41.1 Å². The monoisotopic (exact) mass is 550 g/mol. The van der Waals surface area contributed by atoms with Crippen molar-refractivity contribution in [2.45, 2.75) is 48.9 Å². The van der Waals surface area contributed by atoms with Crippen LogP contribution in [0.3, 0.4) is 0 Å². The molecule has 1 aliphatic rings. The van der Waals surface area contributed by atoms with E-state index in [1.807, 2.05) is 0 Å². The maximum Gasteiger partial charge on any atom is 0.409 e. The number of benzene rings is 2. The number of aliphatic hydroxyl groups excluding tert-OH is 1. The third-order valence-corrected chi connectivity index (χ3v) is 6.29. The lowest BCUT2D eigenvalue weighted by molar-refractivity contribution is -0.502. The second-order valence-electron chi connectivity index (χ2n) is 8.45. The number of methoxy groups -OCH3 is 1. The molecule has 3 unspecified atom stereocenters. The van der Waals surface area contributed by atoms with E-state index in [-0.39, 0.29) is 6.42 Å². The number of aromatic hydroxyl groups is 3. The van der Waals surface area contributed by atoms with Gasteiger partial charge in [0.15, 0.2) is 11.5 Å². The van der Waals surface area contributed by atoms with E-state index < -0.39 is 87.4 Å². The van der Waals surface area contributed by atoms with Crippen LogP contribution in [0.4, 0.5) is 0 Å². The molecule has 0 spiro atoms. The van der Waals surface area contributed by atoms with E-state index in [2.05, 4.69) is 4.74 Å². The van der Waals surface area contributed by atoms with Crippen molar-refractivity contribution in [3.8, 4) is 23.0 Å². The van der Waals surface area contributed by atoms with Crippen molar-refractivity contribution in [2.24, 2.45) is 0 Å². The Bertz CT molecular complexity index is 1100. The van der Waals surface area contributed by atoms with Crippen LogP contribution in [-0.4, -0.2) is 94.0 Å². The van der Waals surface area contributed by atoms with Gasteiger partial charge < -0.3 is 70.4 Å². The largest absolute Gasteiger partial charge is 0.507 e. The van der Waals surface area contributed by atoms with Gasteiger partial charge in [-0.15, -0.1) is 0 Å². The summed E-state index contributed by atoms with van der Waals surface area (Å²) in [6.45, 7) is -0.421. The van der Waals surface area contributed by atoms with Gasteiger partial charge in [0.1, 0.15) is 11.5 Å². The second kappa shape index (κ2) is 10.4. The third kappa shape index (κ3) is 5.55. The predicted molar refractivity (Wildman–Crippen MR) is 120 cm³/mol. The predicted octanol–water partition coefficient (Wildman–Crippen LogP) is -1.48. The molecule has 37 heavy (non-hydrogen) atoms. The van der Waals surface area contributed by atoms with E-state index >= 15 is 0 Å². The number of hydrogen-bond acceptors (Lipinski definition) is 14. The van der Waals surface area contributed by atoms with Gasteiger partial charge in [0.2, 0.25) is 5.79 Å². The van der Waals surface area contributed by atoms with Crippen molar-refractivity contribution in [3.63, 3.8) is 0 Å². The van der Waals surface area contributed by atoms with Crippen molar-refractivity contribution >= 4 is 11.6 Å². The molecular formula is C22H27ClO14. The van der Waals surface area contributed by atoms with Gasteiger partial charge in [-0.25, -0.2) is 0 Å². The molecule has 0 amide bonds. The topological polar surface area (TPSA) is 250 Å². The normalized spacial score (nSPS) is 21.2. The van der Waals surface area contributed by atoms with Crippen LogP contribution >= 0.6 is 11.6 Å². The first-order valence-electron chi connectivity index (χ1n) is 10.7. The summed E-state index contributed by atoms with van der Waals surface area (Å²) in [5.41, 5.74) is -1.72. The van der Waals surface area contributed by atoms with Gasteiger partial charge in [-0.2, -0.15) is 0 Å². The van der Waals surface area contributed by atoms with E-state index in [4.69, 9.17) is 36.4 Å². The number of halogens is 1. The highest BCUT2D eigenvalue weighted by Crippen LogP contribution is 2.54. The molecule has 3 atom stereocenters. The molecule has 3 rings (SSSR count). The summed E-state index contributed by atoms with van der Waals surface area (Å²) in [5, 5.41) is 108. The molecule has 0 radical (unpaired) electrons. The summed E-state index contributed by atoms with van der Waals surface area (Å²) in [5.74, 6) is -14.4. The standard InChI is InChI=1S/C22H27ClO14/c1-35-11-6-12(8-24)36-13(7-11)14-17(25)15(16(23)19(27)18(14)26)20(28,29)9-2-4-10(5-3-9)37-22(33,34)21(30,31)32/h2-5,11-13,24-34H,6-8H2,1H3. The molecule has 0 bridgehead atoms. The second-order valence-corrected chi connectivity index (χ2v) is 8.83. The molecule has 1 saturated heterocycles. The molecule has 15 heteroatoms. The Morgan fingerprint density at radius 3 is 2.03 bits per heavy atom. The summed E-state index contributed by atoms with van der Waals surface area (Å²) in [6.07, 6.45) is -2.05. The van der Waals surface area contributed by atoms with Crippen LogP contribution in [0.5, 0.6) is 23.0 Å². The minimum Gasteiger partial charge on any atom is -0.507 e. The van der Waals surface area contributed by atoms with Gasteiger partial charge in [-0.3, -0.25) is 0 Å². The van der Waals surface area contributed by atoms with E-state index in [9.17, 15) is 40.9 Å². The lowest BCUT2D eigenvalue weighted by atomic mass is 9.89. The molecule has 0 saturated carbocycles. The Labute approximate surface area is 214 Å². The molecule has 1 aliphatic heterocycles. The van der Waals surface area contributed by atoms with Gasteiger partial charge in [0.25, 0.3) is 0 Å². The van der Waals surface area contributed by atoms with E-state index in [1.165, 1.54) is 7.11 Å². The lowest BCUT2D eigenvalue weighted by Gasteiger charge is -2.35. The Balaban J connectivity index is 2.05. The Kier molecular flexibility index (Phi) is 8.14. The van der Waals surface area contributed by atoms with Gasteiger partial charge in [0, 0.05) is 25.5 Å². The first-order chi connectivity index (χ1) is 17.0. The zero-order valence-electron chi connectivity index (χ0n) is 19.2. The van der Waals surface area contributed by atoms with Gasteiger partial charge in [-0.05, 0) is 24.3 Å². The fourth-order valence-electron chi connectivity index (χ4n) is 3.92. The van der Waals surface area contributed by atoms with Gasteiger partial charge >= 0.3 is 11.9 Å². The van der Waals surface area contributed by atoms with Crippen LogP contribution < -0.4 is 4.74 Å². The zero-order chi connectivity index (χ0) is 27.9. The SMILES string of the molecule is COC1CC(CO)OC(c2c(O)c(O)c(Cl)c(C(O)(O)c3ccc(OC(O)(O)C(O)(O)O)cc3)c2O)C1. The average molecular weight is 551 g/mol. The zero-order valence-corrected chi connectivity index (χ0v) is 19.9. The molecule has 206 valence electrons. The molecule has 2 aromatic carbocycles. The molecule has 0 aromatic heterocycles. The van der Waals surface area contributed by atoms with Crippen molar-refractivity contribution in [1.82, 2.24) is 0 Å². The first kappa shape index (κ1) is 29.1. The highest BCUT2D eigenvalue weighted by molar-refractivity contribution is 6.33. The summed E-state index contributed by atoms with van der Waals surface area (Å²) < 4.78 is 15.4. The fraction of sp³-hybridized carbons (Fsp3) is 0.455. The molecular weight excluding hydrogens is 524 g/mol. The third-order valence-electron chi connectivity index (χ3n) is 5.92. The van der Waals surface area contributed by atoms with Crippen LogP contribution in [0, 0.1) is 0 Å². The van der Waals surface area contributed by atoms with E-state index in [0.717, 1.165) is 24.3 Å². The minimum atomic E-state index is -4.07. The van der Waals surface area contributed by atoms with Crippen LogP contribution in [0.15, 0.2) is 24.3 Å². The van der Waals surface area contributed by atoms with Crippen LogP contribution in [0.1, 0.15) is 35.6 Å². The Morgan fingerprint density at radius 1 is 0.919 bits per heavy atom. The highest BCUT2D eigenvalue weighted by Gasteiger charge is 2.50. The fourth-order valence-corrected chi connectivity index (χ4v) is 4.23.